The van der Waals surface area contributed by atoms with Gasteiger partial charge in [0.2, 0.25) is 0 Å². The second kappa shape index (κ2) is 6.09. The molecule has 0 aromatic carbocycles. The molecule has 0 aliphatic heterocycles. The lowest BCUT2D eigenvalue weighted by Gasteiger charge is -1.86. The molecule has 0 saturated heterocycles. The maximum atomic E-state index is 3.68. The van der Waals surface area contributed by atoms with E-state index in [0.717, 1.165) is 5.57 Å². The van der Waals surface area contributed by atoms with Crippen molar-refractivity contribution in [2.75, 3.05) is 0 Å². The largest absolute Gasteiger partial charge is 0.0985 e. The predicted molar refractivity (Wildman–Crippen MR) is 47.9 cm³/mol. The zero-order valence-electron chi connectivity index (χ0n) is 6.67. The first-order valence-corrected chi connectivity index (χ1v) is 3.43. The summed E-state index contributed by atoms with van der Waals surface area (Å²) in [6.07, 6.45) is 11.9. The standard InChI is InChI=1S/C10H14/c1-4-7-9-10(6-3)8-5-2/h4-9H,3H2,1-2H3/b7-4-,8-5-,10-9-. The van der Waals surface area contributed by atoms with E-state index in [4.69, 9.17) is 0 Å². The molecule has 0 saturated carbocycles. The lowest BCUT2D eigenvalue weighted by Crippen LogP contribution is -1.66. The van der Waals surface area contributed by atoms with E-state index in [1.807, 2.05) is 50.3 Å². The minimum atomic E-state index is 1.14. The van der Waals surface area contributed by atoms with Crippen LogP contribution in [0.4, 0.5) is 0 Å². The first kappa shape index (κ1) is 8.96. The fourth-order valence-corrected chi connectivity index (χ4v) is 0.591. The molecule has 0 amide bonds. The molecular formula is C10H14. The summed E-state index contributed by atoms with van der Waals surface area (Å²) in [5.41, 5.74) is 1.14. The topological polar surface area (TPSA) is 0 Å². The van der Waals surface area contributed by atoms with Gasteiger partial charge in [-0.1, -0.05) is 43.0 Å². The van der Waals surface area contributed by atoms with E-state index in [2.05, 4.69) is 6.58 Å². The maximum absolute atomic E-state index is 3.68. The summed E-state index contributed by atoms with van der Waals surface area (Å²) >= 11 is 0. The van der Waals surface area contributed by atoms with Crippen molar-refractivity contribution in [3.8, 4) is 0 Å². The molecule has 0 aliphatic carbocycles. The first-order valence-electron chi connectivity index (χ1n) is 3.43. The third-order valence-electron chi connectivity index (χ3n) is 1.08. The molecule has 54 valence electrons. The molecule has 0 atom stereocenters. The Bertz CT molecular complexity index is 168. The fraction of sp³-hybridized carbons (Fsp3) is 0.200. The Kier molecular flexibility index (Phi) is 5.45. The van der Waals surface area contributed by atoms with E-state index in [9.17, 15) is 0 Å². The van der Waals surface area contributed by atoms with Crippen LogP contribution in [0.25, 0.3) is 0 Å². The molecule has 0 radical (unpaired) electrons. The summed E-state index contributed by atoms with van der Waals surface area (Å²) in [6.45, 7) is 7.67. The summed E-state index contributed by atoms with van der Waals surface area (Å²) in [4.78, 5) is 0. The minimum Gasteiger partial charge on any atom is -0.0985 e. The second-order valence-corrected chi connectivity index (χ2v) is 1.90. The van der Waals surface area contributed by atoms with Crippen molar-refractivity contribution in [2.45, 2.75) is 13.8 Å². The number of rotatable bonds is 3. The summed E-state index contributed by atoms with van der Waals surface area (Å²) in [6, 6.07) is 0. The normalized spacial score (nSPS) is 13.2. The van der Waals surface area contributed by atoms with Gasteiger partial charge in [0.05, 0.1) is 0 Å². The second-order valence-electron chi connectivity index (χ2n) is 1.90. The van der Waals surface area contributed by atoms with Crippen LogP contribution in [0, 0.1) is 0 Å². The summed E-state index contributed by atoms with van der Waals surface area (Å²) in [5, 5.41) is 0. The van der Waals surface area contributed by atoms with Gasteiger partial charge < -0.3 is 0 Å². The van der Waals surface area contributed by atoms with Crippen molar-refractivity contribution >= 4 is 0 Å². The van der Waals surface area contributed by atoms with Crippen molar-refractivity contribution in [3.63, 3.8) is 0 Å². The van der Waals surface area contributed by atoms with Gasteiger partial charge in [-0.15, -0.1) is 0 Å². The quantitative estimate of drug-likeness (QED) is 0.520. The lowest BCUT2D eigenvalue weighted by atomic mass is 10.2. The van der Waals surface area contributed by atoms with Crippen LogP contribution >= 0.6 is 0 Å². The van der Waals surface area contributed by atoms with E-state index in [1.54, 1.807) is 0 Å². The van der Waals surface area contributed by atoms with Crippen molar-refractivity contribution < 1.29 is 0 Å². The zero-order valence-corrected chi connectivity index (χ0v) is 6.67. The molecule has 10 heavy (non-hydrogen) atoms. The molecule has 0 aromatic rings. The molecule has 0 aliphatic rings. The Morgan fingerprint density at radius 2 is 1.90 bits per heavy atom. The minimum absolute atomic E-state index is 1.14. The molecule has 0 heterocycles. The molecule has 0 aromatic heterocycles. The molecule has 0 heteroatoms. The summed E-state index contributed by atoms with van der Waals surface area (Å²) in [7, 11) is 0. The van der Waals surface area contributed by atoms with E-state index >= 15 is 0 Å². The third-order valence-corrected chi connectivity index (χ3v) is 1.08. The predicted octanol–water partition coefficient (Wildman–Crippen LogP) is 3.25. The van der Waals surface area contributed by atoms with E-state index in [1.165, 1.54) is 0 Å². The Hall–Kier alpha value is -1.04. The highest BCUT2D eigenvalue weighted by Crippen LogP contribution is 1.97. The maximum Gasteiger partial charge on any atom is -0.0266 e. The van der Waals surface area contributed by atoms with E-state index in [-0.39, 0.29) is 0 Å². The van der Waals surface area contributed by atoms with Crippen LogP contribution in [0.15, 0.2) is 48.6 Å². The zero-order chi connectivity index (χ0) is 7.82. The number of allylic oxidation sites excluding steroid dienone is 7. The molecular weight excluding hydrogens is 120 g/mol. The van der Waals surface area contributed by atoms with Crippen LogP contribution < -0.4 is 0 Å². The Morgan fingerprint density at radius 3 is 2.30 bits per heavy atom. The number of hydrogen-bond donors (Lipinski definition) is 0. The average molecular weight is 134 g/mol. The highest BCUT2D eigenvalue weighted by atomic mass is 13.8. The molecule has 0 bridgehead atoms. The van der Waals surface area contributed by atoms with Gasteiger partial charge in [0, 0.05) is 0 Å². The lowest BCUT2D eigenvalue weighted by molar-refractivity contribution is 1.62. The van der Waals surface area contributed by atoms with E-state index < -0.39 is 0 Å². The average Bonchev–Trinajstić information content (AvgIpc) is 1.98. The van der Waals surface area contributed by atoms with Gasteiger partial charge in [-0.2, -0.15) is 0 Å². The van der Waals surface area contributed by atoms with Crippen LogP contribution in [0.2, 0.25) is 0 Å². The van der Waals surface area contributed by atoms with E-state index in [0.29, 0.717) is 0 Å². The summed E-state index contributed by atoms with van der Waals surface area (Å²) < 4.78 is 0. The SMILES string of the molecule is C=CC(/C=C\C)=C/C=C\C. The van der Waals surface area contributed by atoms with Crippen LogP contribution in [0.5, 0.6) is 0 Å². The smallest absolute Gasteiger partial charge is 0.0266 e. The Labute approximate surface area is 63.3 Å². The van der Waals surface area contributed by atoms with Gasteiger partial charge in [0.15, 0.2) is 0 Å². The Balaban J connectivity index is 4.17. The fourth-order valence-electron chi connectivity index (χ4n) is 0.591. The van der Waals surface area contributed by atoms with Crippen molar-refractivity contribution in [1.82, 2.24) is 0 Å². The Morgan fingerprint density at radius 1 is 1.20 bits per heavy atom. The molecule has 0 unspecified atom stereocenters. The molecule has 0 rings (SSSR count). The molecule has 0 spiro atoms. The van der Waals surface area contributed by atoms with Crippen LogP contribution in [-0.2, 0) is 0 Å². The first-order chi connectivity index (χ1) is 4.85. The van der Waals surface area contributed by atoms with Crippen LogP contribution in [-0.4, -0.2) is 0 Å². The van der Waals surface area contributed by atoms with Gasteiger partial charge in [-0.3, -0.25) is 0 Å². The van der Waals surface area contributed by atoms with Crippen LogP contribution in [0.3, 0.4) is 0 Å². The molecule has 0 nitrogen and oxygen atoms in total. The van der Waals surface area contributed by atoms with Crippen molar-refractivity contribution in [3.05, 3.63) is 48.6 Å². The highest BCUT2D eigenvalue weighted by molar-refractivity contribution is 5.32. The van der Waals surface area contributed by atoms with Gasteiger partial charge in [0.25, 0.3) is 0 Å². The van der Waals surface area contributed by atoms with Crippen LogP contribution in [0.1, 0.15) is 13.8 Å². The monoisotopic (exact) mass is 134 g/mol. The summed E-state index contributed by atoms with van der Waals surface area (Å²) in [5.74, 6) is 0. The third kappa shape index (κ3) is 3.90. The van der Waals surface area contributed by atoms with Gasteiger partial charge in [0.1, 0.15) is 0 Å². The molecule has 0 N–H and O–H groups in total. The highest BCUT2D eigenvalue weighted by Gasteiger charge is 1.77. The molecule has 0 fully saturated rings. The number of hydrogen-bond acceptors (Lipinski definition) is 0. The van der Waals surface area contributed by atoms with Gasteiger partial charge >= 0.3 is 0 Å². The van der Waals surface area contributed by atoms with Gasteiger partial charge in [-0.25, -0.2) is 0 Å². The van der Waals surface area contributed by atoms with Gasteiger partial charge in [-0.05, 0) is 19.4 Å². The van der Waals surface area contributed by atoms with Crippen molar-refractivity contribution in [2.24, 2.45) is 0 Å². The van der Waals surface area contributed by atoms with Crippen molar-refractivity contribution in [1.29, 1.82) is 0 Å².